The SMILES string of the molecule is CC1(C)N[C@H](c2ccccc2)CO1. The molecule has 1 N–H and O–H groups in total. The van der Waals surface area contributed by atoms with E-state index in [0.717, 1.165) is 6.61 Å². The summed E-state index contributed by atoms with van der Waals surface area (Å²) in [4.78, 5) is 0. The van der Waals surface area contributed by atoms with Crippen molar-refractivity contribution in [3.63, 3.8) is 0 Å². The molecule has 0 saturated carbocycles. The zero-order chi connectivity index (χ0) is 9.31. The Morgan fingerprint density at radius 2 is 2.00 bits per heavy atom. The van der Waals surface area contributed by atoms with E-state index in [2.05, 4.69) is 43.4 Å². The molecular formula is C11H15NO. The smallest absolute Gasteiger partial charge is 0.114 e. The van der Waals surface area contributed by atoms with Crippen molar-refractivity contribution in [2.24, 2.45) is 0 Å². The average Bonchev–Trinajstić information content (AvgIpc) is 2.48. The Bertz CT molecular complexity index is 281. The summed E-state index contributed by atoms with van der Waals surface area (Å²) in [5.41, 5.74) is 1.12. The van der Waals surface area contributed by atoms with Crippen molar-refractivity contribution in [1.82, 2.24) is 5.32 Å². The molecule has 70 valence electrons. The second-order valence-electron chi connectivity index (χ2n) is 3.93. The summed E-state index contributed by atoms with van der Waals surface area (Å²) in [5, 5.41) is 3.42. The first kappa shape index (κ1) is 8.73. The fourth-order valence-corrected chi connectivity index (χ4v) is 1.66. The Kier molecular flexibility index (Phi) is 2.10. The number of ether oxygens (including phenoxy) is 1. The van der Waals surface area contributed by atoms with Crippen molar-refractivity contribution in [2.75, 3.05) is 6.61 Å². The fourth-order valence-electron chi connectivity index (χ4n) is 1.66. The number of rotatable bonds is 1. The quantitative estimate of drug-likeness (QED) is 0.709. The van der Waals surface area contributed by atoms with Gasteiger partial charge in [0, 0.05) is 0 Å². The first-order valence-corrected chi connectivity index (χ1v) is 4.64. The molecule has 1 aliphatic rings. The van der Waals surface area contributed by atoms with Crippen molar-refractivity contribution in [3.8, 4) is 0 Å². The number of hydrogen-bond donors (Lipinski definition) is 1. The summed E-state index contributed by atoms with van der Waals surface area (Å²) in [6, 6.07) is 10.7. The molecule has 0 aromatic heterocycles. The lowest BCUT2D eigenvalue weighted by molar-refractivity contribution is 0.0231. The van der Waals surface area contributed by atoms with E-state index in [1.807, 2.05) is 6.07 Å². The van der Waals surface area contributed by atoms with E-state index in [-0.39, 0.29) is 5.72 Å². The Morgan fingerprint density at radius 1 is 1.31 bits per heavy atom. The van der Waals surface area contributed by atoms with Crippen LogP contribution in [0.5, 0.6) is 0 Å². The molecule has 0 unspecified atom stereocenters. The minimum absolute atomic E-state index is 0.180. The Hall–Kier alpha value is -0.860. The van der Waals surface area contributed by atoms with Gasteiger partial charge < -0.3 is 4.74 Å². The predicted molar refractivity (Wildman–Crippen MR) is 52.3 cm³/mol. The Labute approximate surface area is 78.9 Å². The van der Waals surface area contributed by atoms with Crippen LogP contribution in [0.2, 0.25) is 0 Å². The third-order valence-corrected chi connectivity index (χ3v) is 2.33. The highest BCUT2D eigenvalue weighted by atomic mass is 16.5. The molecule has 1 atom stereocenters. The maximum absolute atomic E-state index is 5.60. The topological polar surface area (TPSA) is 21.3 Å². The number of hydrogen-bond acceptors (Lipinski definition) is 2. The fraction of sp³-hybridized carbons (Fsp3) is 0.455. The molecule has 0 radical (unpaired) electrons. The van der Waals surface area contributed by atoms with Crippen LogP contribution in [-0.4, -0.2) is 12.3 Å². The van der Waals surface area contributed by atoms with Crippen LogP contribution in [0.3, 0.4) is 0 Å². The zero-order valence-corrected chi connectivity index (χ0v) is 8.08. The van der Waals surface area contributed by atoms with E-state index in [9.17, 15) is 0 Å². The molecule has 1 heterocycles. The maximum atomic E-state index is 5.60. The molecule has 13 heavy (non-hydrogen) atoms. The van der Waals surface area contributed by atoms with Crippen LogP contribution in [0.4, 0.5) is 0 Å². The van der Waals surface area contributed by atoms with Crippen LogP contribution >= 0.6 is 0 Å². The third-order valence-electron chi connectivity index (χ3n) is 2.33. The molecule has 0 spiro atoms. The normalized spacial score (nSPS) is 26.2. The Morgan fingerprint density at radius 3 is 2.54 bits per heavy atom. The van der Waals surface area contributed by atoms with Crippen molar-refractivity contribution in [2.45, 2.75) is 25.6 Å². The van der Waals surface area contributed by atoms with E-state index in [1.54, 1.807) is 0 Å². The highest BCUT2D eigenvalue weighted by Crippen LogP contribution is 2.24. The monoisotopic (exact) mass is 177 g/mol. The van der Waals surface area contributed by atoms with Gasteiger partial charge in [-0.3, -0.25) is 5.32 Å². The first-order chi connectivity index (χ1) is 6.17. The van der Waals surface area contributed by atoms with Crippen molar-refractivity contribution >= 4 is 0 Å². The summed E-state index contributed by atoms with van der Waals surface area (Å²) < 4.78 is 5.60. The summed E-state index contributed by atoms with van der Waals surface area (Å²) >= 11 is 0. The number of nitrogens with one attached hydrogen (secondary N) is 1. The zero-order valence-electron chi connectivity index (χ0n) is 8.08. The molecule has 1 aromatic carbocycles. The van der Waals surface area contributed by atoms with Gasteiger partial charge in [-0.2, -0.15) is 0 Å². The van der Waals surface area contributed by atoms with Gasteiger partial charge in [0.05, 0.1) is 12.6 Å². The van der Waals surface area contributed by atoms with Gasteiger partial charge in [-0.25, -0.2) is 0 Å². The standard InChI is InChI=1S/C11H15NO/c1-11(2)12-10(8-13-11)9-6-4-3-5-7-9/h3-7,10,12H,8H2,1-2H3/t10-/m0/s1. The summed E-state index contributed by atoms with van der Waals surface area (Å²) in [5.74, 6) is 0. The van der Waals surface area contributed by atoms with E-state index < -0.39 is 0 Å². The summed E-state index contributed by atoms with van der Waals surface area (Å²) in [7, 11) is 0. The Balaban J connectivity index is 2.13. The van der Waals surface area contributed by atoms with Crippen molar-refractivity contribution < 1.29 is 4.74 Å². The van der Waals surface area contributed by atoms with Crippen LogP contribution in [0, 0.1) is 0 Å². The van der Waals surface area contributed by atoms with Gasteiger partial charge in [0.25, 0.3) is 0 Å². The van der Waals surface area contributed by atoms with Crippen LogP contribution in [0.25, 0.3) is 0 Å². The largest absolute Gasteiger partial charge is 0.359 e. The average molecular weight is 177 g/mol. The lowest BCUT2D eigenvalue weighted by Gasteiger charge is -2.18. The minimum Gasteiger partial charge on any atom is -0.359 e. The minimum atomic E-state index is -0.180. The van der Waals surface area contributed by atoms with Crippen molar-refractivity contribution in [1.29, 1.82) is 0 Å². The van der Waals surface area contributed by atoms with Gasteiger partial charge in [-0.15, -0.1) is 0 Å². The van der Waals surface area contributed by atoms with E-state index >= 15 is 0 Å². The highest BCUT2D eigenvalue weighted by molar-refractivity contribution is 5.20. The van der Waals surface area contributed by atoms with E-state index in [4.69, 9.17) is 4.74 Å². The molecule has 1 aliphatic heterocycles. The molecular weight excluding hydrogens is 162 g/mol. The molecule has 1 fully saturated rings. The van der Waals surface area contributed by atoms with Crippen LogP contribution < -0.4 is 5.32 Å². The molecule has 0 aliphatic carbocycles. The molecule has 1 aromatic rings. The molecule has 0 bridgehead atoms. The van der Waals surface area contributed by atoms with Gasteiger partial charge in [-0.1, -0.05) is 30.3 Å². The first-order valence-electron chi connectivity index (χ1n) is 4.64. The predicted octanol–water partition coefficient (Wildman–Crippen LogP) is 2.08. The van der Waals surface area contributed by atoms with Crippen molar-refractivity contribution in [3.05, 3.63) is 35.9 Å². The summed E-state index contributed by atoms with van der Waals surface area (Å²) in [6.45, 7) is 4.86. The van der Waals surface area contributed by atoms with Crippen LogP contribution in [0.15, 0.2) is 30.3 Å². The van der Waals surface area contributed by atoms with Crippen LogP contribution in [0.1, 0.15) is 25.5 Å². The second-order valence-corrected chi connectivity index (χ2v) is 3.93. The molecule has 2 nitrogen and oxygen atoms in total. The van der Waals surface area contributed by atoms with Gasteiger partial charge in [0.1, 0.15) is 5.72 Å². The van der Waals surface area contributed by atoms with E-state index in [1.165, 1.54) is 5.56 Å². The van der Waals surface area contributed by atoms with Crippen LogP contribution in [-0.2, 0) is 4.74 Å². The lowest BCUT2D eigenvalue weighted by atomic mass is 10.1. The maximum Gasteiger partial charge on any atom is 0.114 e. The summed E-state index contributed by atoms with van der Waals surface area (Å²) in [6.07, 6.45) is 0. The number of benzene rings is 1. The molecule has 2 heteroatoms. The van der Waals surface area contributed by atoms with Gasteiger partial charge in [0.15, 0.2) is 0 Å². The molecule has 2 rings (SSSR count). The van der Waals surface area contributed by atoms with Gasteiger partial charge in [-0.05, 0) is 19.4 Å². The van der Waals surface area contributed by atoms with Gasteiger partial charge in [0.2, 0.25) is 0 Å². The van der Waals surface area contributed by atoms with Gasteiger partial charge >= 0.3 is 0 Å². The highest BCUT2D eigenvalue weighted by Gasteiger charge is 2.31. The van der Waals surface area contributed by atoms with E-state index in [0.29, 0.717) is 6.04 Å². The lowest BCUT2D eigenvalue weighted by Crippen LogP contribution is -2.34. The molecule has 1 saturated heterocycles. The molecule has 0 amide bonds. The third kappa shape index (κ3) is 1.90. The second kappa shape index (κ2) is 3.13.